The van der Waals surface area contributed by atoms with Gasteiger partial charge in [0.1, 0.15) is 5.75 Å². The van der Waals surface area contributed by atoms with Crippen LogP contribution in [0, 0.1) is 0 Å². The van der Waals surface area contributed by atoms with Crippen molar-refractivity contribution in [1.82, 2.24) is 0 Å². The molecule has 0 radical (unpaired) electrons. The van der Waals surface area contributed by atoms with Gasteiger partial charge in [-0.25, -0.2) is 4.79 Å². The van der Waals surface area contributed by atoms with E-state index in [-0.39, 0.29) is 12.5 Å². The van der Waals surface area contributed by atoms with Crippen LogP contribution in [0.5, 0.6) is 5.75 Å². The summed E-state index contributed by atoms with van der Waals surface area (Å²) in [5.74, 6) is -1.06. The number of carbonyl (C=O) groups excluding carboxylic acids is 1. The minimum absolute atomic E-state index is 0.0578. The summed E-state index contributed by atoms with van der Waals surface area (Å²) in [4.78, 5) is 25.3. The van der Waals surface area contributed by atoms with Crippen LogP contribution in [0.2, 0.25) is 5.02 Å². The Labute approximate surface area is 131 Å². The smallest absolute Gasteiger partial charge is 0.346 e. The van der Waals surface area contributed by atoms with Crippen molar-refractivity contribution in [3.8, 4) is 5.75 Å². The zero-order valence-corrected chi connectivity index (χ0v) is 12.2. The zero-order valence-electron chi connectivity index (χ0n) is 11.4. The van der Waals surface area contributed by atoms with Crippen LogP contribution in [-0.2, 0) is 4.79 Å². The van der Waals surface area contributed by atoms with Gasteiger partial charge in [0.25, 0.3) is 5.91 Å². The maximum absolute atomic E-state index is 12.7. The summed E-state index contributed by atoms with van der Waals surface area (Å²) in [6.45, 7) is -0.0578. The maximum Gasteiger partial charge on any atom is 0.346 e. The lowest BCUT2D eigenvalue weighted by atomic mass is 10.1. The first-order valence-corrected chi connectivity index (χ1v) is 7.00. The summed E-state index contributed by atoms with van der Waals surface area (Å²) in [7, 11) is 0. The van der Waals surface area contributed by atoms with Crippen molar-refractivity contribution in [2.75, 3.05) is 11.4 Å². The molecule has 2 aromatic carbocycles. The van der Waals surface area contributed by atoms with Gasteiger partial charge in [-0.15, -0.1) is 0 Å². The number of hydrogen-bond donors (Lipinski definition) is 1. The highest BCUT2D eigenvalue weighted by atomic mass is 35.5. The molecule has 0 fully saturated rings. The molecule has 1 aliphatic heterocycles. The van der Waals surface area contributed by atoms with Crippen molar-refractivity contribution in [3.05, 3.63) is 59.1 Å². The van der Waals surface area contributed by atoms with Gasteiger partial charge in [-0.05, 0) is 30.3 Å². The Kier molecular flexibility index (Phi) is 3.73. The van der Waals surface area contributed by atoms with Crippen molar-refractivity contribution in [2.45, 2.75) is 6.10 Å². The van der Waals surface area contributed by atoms with Crippen LogP contribution in [0.3, 0.4) is 0 Å². The van der Waals surface area contributed by atoms with E-state index in [1.54, 1.807) is 48.5 Å². The Hall–Kier alpha value is -2.53. The number of hydrogen-bond acceptors (Lipinski definition) is 3. The third kappa shape index (κ3) is 2.63. The third-order valence-electron chi connectivity index (χ3n) is 3.37. The highest BCUT2D eigenvalue weighted by molar-refractivity contribution is 6.31. The fraction of sp³-hybridized carbons (Fsp3) is 0.125. The number of fused-ring (bicyclic) bond motifs is 1. The number of carboxylic acid groups (broad SMARTS) is 1. The number of halogens is 1. The second kappa shape index (κ2) is 5.69. The Morgan fingerprint density at radius 1 is 1.18 bits per heavy atom. The van der Waals surface area contributed by atoms with Crippen LogP contribution in [0.1, 0.15) is 10.4 Å². The fourth-order valence-electron chi connectivity index (χ4n) is 2.33. The molecular formula is C16H12ClNO4. The number of amides is 1. The standard InChI is InChI=1S/C16H12ClNO4/c17-11-5-3-4-10(8-11)15(19)18-9-14(16(20)21)22-13-7-2-1-6-12(13)18/h1-8,14H,9H2,(H,20,21)/t14-/m1/s1. The number of para-hydroxylation sites is 2. The lowest BCUT2D eigenvalue weighted by Crippen LogP contribution is -2.47. The van der Waals surface area contributed by atoms with Crippen molar-refractivity contribution >= 4 is 29.2 Å². The van der Waals surface area contributed by atoms with Gasteiger partial charge in [-0.2, -0.15) is 0 Å². The highest BCUT2D eigenvalue weighted by Gasteiger charge is 2.34. The number of nitrogens with zero attached hydrogens (tertiary/aromatic N) is 1. The van der Waals surface area contributed by atoms with Gasteiger partial charge >= 0.3 is 5.97 Å². The first-order valence-electron chi connectivity index (χ1n) is 6.62. The summed E-state index contributed by atoms with van der Waals surface area (Å²) >= 11 is 5.92. The molecule has 1 aliphatic rings. The third-order valence-corrected chi connectivity index (χ3v) is 3.60. The molecule has 1 N–H and O–H groups in total. The Morgan fingerprint density at radius 2 is 1.95 bits per heavy atom. The second-order valence-electron chi connectivity index (χ2n) is 4.84. The van der Waals surface area contributed by atoms with E-state index in [2.05, 4.69) is 0 Å². The van der Waals surface area contributed by atoms with Crippen LogP contribution in [-0.4, -0.2) is 29.6 Å². The largest absolute Gasteiger partial charge is 0.478 e. The molecule has 1 atom stereocenters. The number of ether oxygens (including phenoxy) is 1. The number of anilines is 1. The quantitative estimate of drug-likeness (QED) is 0.925. The maximum atomic E-state index is 12.7. The molecule has 0 spiro atoms. The number of carbonyl (C=O) groups is 2. The fourth-order valence-corrected chi connectivity index (χ4v) is 2.52. The number of carboxylic acids is 1. The molecule has 2 aromatic rings. The van der Waals surface area contributed by atoms with Crippen LogP contribution in [0.25, 0.3) is 0 Å². The SMILES string of the molecule is O=C(O)[C@H]1CN(C(=O)c2cccc(Cl)c2)c2ccccc2O1. The van der Waals surface area contributed by atoms with Crippen molar-refractivity contribution in [2.24, 2.45) is 0 Å². The van der Waals surface area contributed by atoms with Crippen molar-refractivity contribution in [3.63, 3.8) is 0 Å². The molecule has 0 saturated carbocycles. The van der Waals surface area contributed by atoms with Gasteiger partial charge in [0.05, 0.1) is 12.2 Å². The molecule has 0 aromatic heterocycles. The first-order chi connectivity index (χ1) is 10.6. The summed E-state index contributed by atoms with van der Waals surface area (Å²) in [5, 5.41) is 9.64. The topological polar surface area (TPSA) is 66.8 Å². The van der Waals surface area contributed by atoms with Crippen LogP contribution in [0.15, 0.2) is 48.5 Å². The minimum atomic E-state index is -1.11. The monoisotopic (exact) mass is 317 g/mol. The van der Waals surface area contributed by atoms with E-state index in [1.807, 2.05) is 0 Å². The van der Waals surface area contributed by atoms with Gasteiger partial charge in [0.15, 0.2) is 0 Å². The van der Waals surface area contributed by atoms with E-state index in [0.717, 1.165) is 0 Å². The lowest BCUT2D eigenvalue weighted by Gasteiger charge is -2.33. The lowest BCUT2D eigenvalue weighted by molar-refractivity contribution is -0.144. The Balaban J connectivity index is 2.01. The normalized spacial score (nSPS) is 16.6. The molecule has 0 aliphatic carbocycles. The Morgan fingerprint density at radius 3 is 2.68 bits per heavy atom. The van der Waals surface area contributed by atoms with Gasteiger partial charge in [0, 0.05) is 10.6 Å². The summed E-state index contributed by atoms with van der Waals surface area (Å²) < 4.78 is 5.41. The van der Waals surface area contributed by atoms with Crippen LogP contribution >= 0.6 is 11.6 Å². The van der Waals surface area contributed by atoms with E-state index in [4.69, 9.17) is 16.3 Å². The molecular weight excluding hydrogens is 306 g/mol. The van der Waals surface area contributed by atoms with Gasteiger partial charge in [-0.1, -0.05) is 29.8 Å². The second-order valence-corrected chi connectivity index (χ2v) is 5.27. The molecule has 22 heavy (non-hydrogen) atoms. The average Bonchev–Trinajstić information content (AvgIpc) is 2.53. The van der Waals surface area contributed by atoms with E-state index in [0.29, 0.717) is 22.0 Å². The van der Waals surface area contributed by atoms with E-state index in [9.17, 15) is 14.7 Å². The number of benzene rings is 2. The molecule has 3 rings (SSSR count). The molecule has 0 saturated heterocycles. The average molecular weight is 318 g/mol. The zero-order chi connectivity index (χ0) is 15.7. The van der Waals surface area contributed by atoms with Gasteiger partial charge in [0.2, 0.25) is 6.10 Å². The summed E-state index contributed by atoms with van der Waals surface area (Å²) in [6, 6.07) is 13.4. The Bertz CT molecular complexity index is 746. The molecule has 5 nitrogen and oxygen atoms in total. The number of aliphatic carboxylic acids is 1. The molecule has 1 amide bonds. The molecule has 6 heteroatoms. The van der Waals surface area contributed by atoms with E-state index >= 15 is 0 Å². The van der Waals surface area contributed by atoms with Gasteiger partial charge < -0.3 is 14.7 Å². The summed E-state index contributed by atoms with van der Waals surface area (Å²) in [6.07, 6.45) is -1.10. The molecule has 0 unspecified atom stereocenters. The molecule has 0 bridgehead atoms. The van der Waals surface area contributed by atoms with Crippen molar-refractivity contribution < 1.29 is 19.4 Å². The summed E-state index contributed by atoms with van der Waals surface area (Å²) in [5.41, 5.74) is 0.943. The number of rotatable bonds is 2. The first kappa shape index (κ1) is 14.4. The van der Waals surface area contributed by atoms with Gasteiger partial charge in [-0.3, -0.25) is 4.79 Å². The highest BCUT2D eigenvalue weighted by Crippen LogP contribution is 2.34. The van der Waals surface area contributed by atoms with E-state index < -0.39 is 12.1 Å². The minimum Gasteiger partial charge on any atom is -0.478 e. The van der Waals surface area contributed by atoms with Crippen LogP contribution in [0.4, 0.5) is 5.69 Å². The molecule has 1 heterocycles. The van der Waals surface area contributed by atoms with E-state index in [1.165, 1.54) is 4.90 Å². The predicted octanol–water partition coefficient (Wildman–Crippen LogP) is 2.83. The molecule has 112 valence electrons. The van der Waals surface area contributed by atoms with Crippen molar-refractivity contribution in [1.29, 1.82) is 0 Å². The predicted molar refractivity (Wildman–Crippen MR) is 81.6 cm³/mol. The van der Waals surface area contributed by atoms with Crippen LogP contribution < -0.4 is 9.64 Å².